The summed E-state index contributed by atoms with van der Waals surface area (Å²) in [4.78, 5) is 11.6. The van der Waals surface area contributed by atoms with Crippen molar-refractivity contribution in [2.75, 3.05) is 6.54 Å². The summed E-state index contributed by atoms with van der Waals surface area (Å²) in [5.41, 5.74) is 0.0819. The summed E-state index contributed by atoms with van der Waals surface area (Å²) in [6, 6.07) is 2.06. The lowest BCUT2D eigenvalue weighted by atomic mass is 10.0. The molecule has 21 heavy (non-hydrogen) atoms. The van der Waals surface area contributed by atoms with Crippen LogP contribution >= 0.6 is 15.9 Å². The second-order valence-corrected chi connectivity index (χ2v) is 7.67. The fraction of sp³-hybridized carbons (Fsp3) is 0.462. The maximum absolute atomic E-state index is 13.7. The van der Waals surface area contributed by atoms with Crippen molar-refractivity contribution in [3.63, 3.8) is 0 Å². The first-order valence-electron chi connectivity index (χ1n) is 6.48. The average Bonchev–Trinajstić information content (AvgIpc) is 3.18. The van der Waals surface area contributed by atoms with E-state index in [9.17, 15) is 17.6 Å². The first kappa shape index (κ1) is 16.4. The zero-order valence-electron chi connectivity index (χ0n) is 11.4. The van der Waals surface area contributed by atoms with Crippen LogP contribution in [-0.2, 0) is 10.0 Å². The Morgan fingerprint density at radius 2 is 2.10 bits per heavy atom. The van der Waals surface area contributed by atoms with Gasteiger partial charge in [0.05, 0.1) is 9.37 Å². The number of halogens is 2. The molecule has 8 heteroatoms. The van der Waals surface area contributed by atoms with Crippen molar-refractivity contribution in [1.82, 2.24) is 5.32 Å². The van der Waals surface area contributed by atoms with E-state index in [0.29, 0.717) is 6.54 Å². The minimum Gasteiger partial charge on any atom is -0.351 e. The number of nitrogens with two attached hydrogens (primary N) is 1. The Morgan fingerprint density at radius 1 is 1.48 bits per heavy atom. The van der Waals surface area contributed by atoms with E-state index in [4.69, 9.17) is 5.14 Å². The summed E-state index contributed by atoms with van der Waals surface area (Å²) in [6.45, 7) is 2.56. The molecule has 0 heterocycles. The molecular weight excluding hydrogens is 363 g/mol. The molecule has 1 fully saturated rings. The Labute approximate surface area is 131 Å². The van der Waals surface area contributed by atoms with E-state index in [1.807, 2.05) is 0 Å². The maximum Gasteiger partial charge on any atom is 0.251 e. The third-order valence-electron chi connectivity index (χ3n) is 3.89. The first-order chi connectivity index (χ1) is 9.68. The topological polar surface area (TPSA) is 89.3 Å². The second-order valence-electron chi connectivity index (χ2n) is 5.35. The number of sulfonamides is 1. The van der Waals surface area contributed by atoms with Crippen LogP contribution in [-0.4, -0.2) is 20.9 Å². The molecule has 1 aromatic carbocycles. The molecule has 0 unspecified atom stereocenters. The molecule has 1 amide bonds. The van der Waals surface area contributed by atoms with E-state index < -0.39 is 26.6 Å². The van der Waals surface area contributed by atoms with Crippen LogP contribution in [0.5, 0.6) is 0 Å². The normalized spacial score (nSPS) is 16.6. The number of carbonyl (C=O) groups excluding carboxylic acids is 1. The van der Waals surface area contributed by atoms with Gasteiger partial charge in [0.2, 0.25) is 10.0 Å². The van der Waals surface area contributed by atoms with E-state index in [-0.39, 0.29) is 15.5 Å². The van der Waals surface area contributed by atoms with Crippen molar-refractivity contribution in [2.24, 2.45) is 10.6 Å². The zero-order chi connectivity index (χ0) is 15.8. The molecule has 5 nitrogen and oxygen atoms in total. The van der Waals surface area contributed by atoms with Crippen LogP contribution in [0.25, 0.3) is 0 Å². The van der Waals surface area contributed by atoms with Gasteiger partial charge in [0.15, 0.2) is 0 Å². The molecule has 0 spiro atoms. The Morgan fingerprint density at radius 3 is 2.57 bits per heavy atom. The largest absolute Gasteiger partial charge is 0.351 e. The fourth-order valence-corrected chi connectivity index (χ4v) is 3.65. The summed E-state index contributed by atoms with van der Waals surface area (Å²) < 4.78 is 36.3. The van der Waals surface area contributed by atoms with E-state index in [0.717, 1.165) is 31.4 Å². The predicted octanol–water partition coefficient (Wildman–Crippen LogP) is 2.16. The lowest BCUT2D eigenvalue weighted by Gasteiger charge is -2.14. The van der Waals surface area contributed by atoms with Gasteiger partial charge in [-0.3, -0.25) is 4.79 Å². The van der Waals surface area contributed by atoms with Gasteiger partial charge in [0.1, 0.15) is 5.82 Å². The van der Waals surface area contributed by atoms with Crippen LogP contribution in [0.2, 0.25) is 0 Å². The van der Waals surface area contributed by atoms with Crippen LogP contribution in [0.4, 0.5) is 4.39 Å². The Balaban J connectivity index is 2.24. The first-order valence-corrected chi connectivity index (χ1v) is 8.82. The van der Waals surface area contributed by atoms with E-state index in [1.54, 1.807) is 0 Å². The van der Waals surface area contributed by atoms with E-state index >= 15 is 0 Å². The smallest absolute Gasteiger partial charge is 0.251 e. The molecule has 1 aromatic rings. The molecule has 1 aliphatic rings. The molecular formula is C13H16BrFN2O3S. The molecule has 0 aliphatic heterocycles. The standard InChI is InChI=1S/C13H16BrFN2O3S/c1-2-13(3-4-13)7-17-12(18)8-5-9(15)11(14)10(6-8)21(16,19)20/h5-6H,2-4,7H2,1H3,(H,17,18)(H2,16,19,20). The van der Waals surface area contributed by atoms with Crippen LogP contribution in [0.15, 0.2) is 21.5 Å². The van der Waals surface area contributed by atoms with Gasteiger partial charge in [-0.2, -0.15) is 0 Å². The van der Waals surface area contributed by atoms with Crippen molar-refractivity contribution in [2.45, 2.75) is 31.1 Å². The predicted molar refractivity (Wildman–Crippen MR) is 79.8 cm³/mol. The number of amides is 1. The van der Waals surface area contributed by atoms with Gasteiger partial charge < -0.3 is 5.32 Å². The van der Waals surface area contributed by atoms with Gasteiger partial charge >= 0.3 is 0 Å². The van der Waals surface area contributed by atoms with Gasteiger partial charge in [0, 0.05) is 12.1 Å². The minimum atomic E-state index is -4.11. The van der Waals surface area contributed by atoms with E-state index in [2.05, 4.69) is 28.2 Å². The highest BCUT2D eigenvalue weighted by Crippen LogP contribution is 2.47. The maximum atomic E-state index is 13.7. The molecule has 0 radical (unpaired) electrons. The number of hydrogen-bond acceptors (Lipinski definition) is 3. The van der Waals surface area contributed by atoms with Gasteiger partial charge in [-0.15, -0.1) is 0 Å². The number of hydrogen-bond donors (Lipinski definition) is 2. The van der Waals surface area contributed by atoms with Crippen molar-refractivity contribution in [3.05, 3.63) is 28.0 Å². The monoisotopic (exact) mass is 378 g/mol. The number of carbonyl (C=O) groups is 1. The summed E-state index contributed by atoms with van der Waals surface area (Å²) in [7, 11) is -4.11. The van der Waals surface area contributed by atoms with Crippen molar-refractivity contribution < 1.29 is 17.6 Å². The molecule has 1 aliphatic carbocycles. The molecule has 2 rings (SSSR count). The summed E-state index contributed by atoms with van der Waals surface area (Å²) in [5, 5.41) is 7.74. The zero-order valence-corrected chi connectivity index (χ0v) is 13.9. The Bertz CT molecular complexity index is 687. The quantitative estimate of drug-likeness (QED) is 0.822. The number of primary sulfonamides is 1. The lowest BCUT2D eigenvalue weighted by Crippen LogP contribution is -2.30. The lowest BCUT2D eigenvalue weighted by molar-refractivity contribution is 0.0943. The Kier molecular flexibility index (Phi) is 4.41. The van der Waals surface area contributed by atoms with Gasteiger partial charge in [-0.05, 0) is 52.7 Å². The highest BCUT2D eigenvalue weighted by Gasteiger charge is 2.40. The third kappa shape index (κ3) is 3.61. The molecule has 3 N–H and O–H groups in total. The van der Waals surface area contributed by atoms with Crippen molar-refractivity contribution in [3.8, 4) is 0 Å². The molecule has 0 atom stereocenters. The molecule has 0 bridgehead atoms. The average molecular weight is 379 g/mol. The van der Waals surface area contributed by atoms with Crippen molar-refractivity contribution >= 4 is 31.9 Å². The number of benzene rings is 1. The van der Waals surface area contributed by atoms with Gasteiger partial charge in [-0.1, -0.05) is 6.92 Å². The van der Waals surface area contributed by atoms with Crippen LogP contribution in [0.3, 0.4) is 0 Å². The molecule has 0 saturated heterocycles. The molecule has 1 saturated carbocycles. The second kappa shape index (κ2) is 5.66. The fourth-order valence-electron chi connectivity index (χ4n) is 2.10. The summed E-state index contributed by atoms with van der Waals surface area (Å²) in [6.07, 6.45) is 3.08. The highest BCUT2D eigenvalue weighted by molar-refractivity contribution is 9.10. The van der Waals surface area contributed by atoms with Gasteiger partial charge in [0.25, 0.3) is 5.91 Å². The molecule has 116 valence electrons. The highest BCUT2D eigenvalue weighted by atomic mass is 79.9. The summed E-state index contributed by atoms with van der Waals surface area (Å²) in [5.74, 6) is -1.35. The van der Waals surface area contributed by atoms with Crippen LogP contribution in [0.1, 0.15) is 36.5 Å². The number of nitrogens with one attached hydrogen (secondary N) is 1. The minimum absolute atomic E-state index is 0.0633. The number of rotatable bonds is 5. The van der Waals surface area contributed by atoms with E-state index in [1.165, 1.54) is 0 Å². The summed E-state index contributed by atoms with van der Waals surface area (Å²) >= 11 is 2.83. The SMILES string of the molecule is CCC1(CNC(=O)c2cc(F)c(Br)c(S(N)(=O)=O)c2)CC1. The van der Waals surface area contributed by atoms with Crippen molar-refractivity contribution in [1.29, 1.82) is 0 Å². The van der Waals surface area contributed by atoms with Crippen LogP contribution < -0.4 is 10.5 Å². The third-order valence-corrected chi connectivity index (χ3v) is 5.90. The molecule has 0 aromatic heterocycles. The Hall–Kier alpha value is -0.990. The van der Waals surface area contributed by atoms with Gasteiger partial charge in [-0.25, -0.2) is 17.9 Å². The van der Waals surface area contributed by atoms with Crippen LogP contribution in [0, 0.1) is 11.2 Å².